The Morgan fingerprint density at radius 1 is 1.04 bits per heavy atom. The number of Topliss-reactive ketones (excluding diaryl/α,β-unsaturated/α-hetero) is 1. The van der Waals surface area contributed by atoms with Gasteiger partial charge in [0, 0.05) is 29.4 Å². The molecule has 2 aliphatic carbocycles. The third kappa shape index (κ3) is 7.75. The first-order valence-corrected chi connectivity index (χ1v) is 18.3. The molecule has 14 heteroatoms. The first-order valence-electron chi connectivity index (χ1n) is 18.3. The van der Waals surface area contributed by atoms with Crippen LogP contribution >= 0.6 is 0 Å². The maximum Gasteiger partial charge on any atom is 0.408 e. The molecule has 1 aromatic carbocycles. The van der Waals surface area contributed by atoms with Crippen molar-refractivity contribution in [3.63, 3.8) is 0 Å². The molecule has 6 rings (SSSR count). The molecule has 2 aliphatic heterocycles. The van der Waals surface area contributed by atoms with E-state index >= 15 is 0 Å². The number of alkyl carbamates (subject to hydrolysis) is 1. The van der Waals surface area contributed by atoms with Crippen LogP contribution in [-0.4, -0.2) is 98.0 Å². The number of aryl methyl sites for hydroxylation is 1. The molecule has 3 amide bonds. The van der Waals surface area contributed by atoms with Gasteiger partial charge in [0.05, 0.1) is 34.1 Å². The van der Waals surface area contributed by atoms with Crippen molar-refractivity contribution in [1.82, 2.24) is 20.5 Å². The summed E-state index contributed by atoms with van der Waals surface area (Å²) >= 11 is 0. The summed E-state index contributed by atoms with van der Waals surface area (Å²) in [7, 11) is 8.53. The van der Waals surface area contributed by atoms with E-state index in [1.165, 1.54) is 18.1 Å². The number of hydrogen-bond acceptors (Lipinski definition) is 10. The van der Waals surface area contributed by atoms with Crippen LogP contribution < -0.4 is 20.1 Å². The number of ether oxygens (including phenoxy) is 4. The monoisotopic (exact) mass is 714 g/mol. The lowest BCUT2D eigenvalue weighted by molar-refractivity contribution is -0.148. The van der Waals surface area contributed by atoms with Gasteiger partial charge in [-0.2, -0.15) is 0 Å². The van der Waals surface area contributed by atoms with E-state index in [0.29, 0.717) is 47.2 Å². The number of allylic oxidation sites excluding steroid dienone is 1. The molecule has 2 aromatic rings. The minimum Gasteiger partial charge on any atom is -0.496 e. The van der Waals surface area contributed by atoms with Crippen molar-refractivity contribution in [2.45, 2.75) is 114 Å². The summed E-state index contributed by atoms with van der Waals surface area (Å²) in [6.07, 6.45) is 9.62. The highest BCUT2D eigenvalue weighted by molar-refractivity contribution is 6.23. The van der Waals surface area contributed by atoms with Crippen LogP contribution in [0.4, 0.5) is 4.79 Å². The number of methoxy groups -OCH3 is 2. The molecule has 276 valence electrons. The molecule has 0 bridgehead atoms. The van der Waals surface area contributed by atoms with Crippen molar-refractivity contribution in [1.29, 1.82) is 0 Å². The normalized spacial score (nSPS) is 27.3. The van der Waals surface area contributed by atoms with Gasteiger partial charge in [-0.3, -0.25) is 14.4 Å². The van der Waals surface area contributed by atoms with E-state index in [1.807, 2.05) is 19.1 Å². The number of fused-ring (bicyclic) bond motifs is 3. The maximum absolute atomic E-state index is 14.5. The molecule has 1 aromatic heterocycles. The number of aromatic nitrogens is 1. The summed E-state index contributed by atoms with van der Waals surface area (Å²) < 4.78 is 22.8. The van der Waals surface area contributed by atoms with Gasteiger partial charge in [0.25, 0.3) is 0 Å². The summed E-state index contributed by atoms with van der Waals surface area (Å²) in [6.45, 7) is 1.83. The molecule has 2 N–H and O–H groups in total. The number of rotatable bonds is 8. The average Bonchev–Trinajstić information content (AvgIpc) is 3.42. The standard InChI is InChI=1S/C38H47BN4O9/c1-22-31(49-2)16-15-26-32(18-28(30(44)20-39)40-33(22)26)51-25-17-29-34(45)42-38(36(47)50-3)19-23(38)11-7-5-4-6-8-14-27(35(46)43(29)21-25)41-37(48)52-24-12-9-10-13-24/h7,11,15-16,18,23-25,27,29H,4-6,8-10,12-14,17,19-21H2,1-3H3,(H,41,48)(H,42,45)/b11-7-/t23?,25-,27+,29+,38-/m1/s1. The number of carbonyl (C=O) groups excluding carboxylic acids is 5. The van der Waals surface area contributed by atoms with Crippen molar-refractivity contribution in [2.75, 3.05) is 20.8 Å². The van der Waals surface area contributed by atoms with Crippen LogP contribution in [0.2, 0.25) is 6.32 Å². The molecule has 0 spiro atoms. The van der Waals surface area contributed by atoms with E-state index in [0.717, 1.165) is 44.9 Å². The van der Waals surface area contributed by atoms with Crippen LogP contribution in [0.3, 0.4) is 0 Å². The van der Waals surface area contributed by atoms with Crippen molar-refractivity contribution >= 4 is 48.4 Å². The molecule has 4 aliphatic rings. The lowest BCUT2D eigenvalue weighted by atomic mass is 9.97. The second kappa shape index (κ2) is 16.0. The fourth-order valence-corrected chi connectivity index (χ4v) is 7.77. The number of carbonyl (C=O) groups is 5. The molecular formula is C38H47BN4O9. The smallest absolute Gasteiger partial charge is 0.408 e. The molecule has 3 heterocycles. The molecule has 5 atom stereocenters. The van der Waals surface area contributed by atoms with E-state index < -0.39 is 47.6 Å². The molecule has 3 fully saturated rings. The number of nitrogens with one attached hydrogen (secondary N) is 2. The summed E-state index contributed by atoms with van der Waals surface area (Å²) in [5, 5.41) is 6.37. The number of ketones is 1. The number of hydrogen-bond donors (Lipinski definition) is 2. The molecule has 2 saturated carbocycles. The highest BCUT2D eigenvalue weighted by atomic mass is 16.6. The zero-order chi connectivity index (χ0) is 37.0. The lowest BCUT2D eigenvalue weighted by Gasteiger charge is -2.29. The van der Waals surface area contributed by atoms with Crippen LogP contribution in [-0.2, 0) is 23.9 Å². The van der Waals surface area contributed by atoms with Gasteiger partial charge in [0.1, 0.15) is 47.0 Å². The van der Waals surface area contributed by atoms with E-state index in [2.05, 4.69) is 15.6 Å². The molecule has 52 heavy (non-hydrogen) atoms. The Hall–Kier alpha value is -4.62. The third-order valence-electron chi connectivity index (χ3n) is 10.8. The predicted molar refractivity (Wildman–Crippen MR) is 191 cm³/mol. The second-order valence-electron chi connectivity index (χ2n) is 14.2. The first kappa shape index (κ1) is 37.2. The van der Waals surface area contributed by atoms with Crippen molar-refractivity contribution in [3.8, 4) is 11.5 Å². The Morgan fingerprint density at radius 3 is 2.54 bits per heavy atom. The molecular weight excluding hydrogens is 667 g/mol. The fraction of sp³-hybridized carbons (Fsp3) is 0.579. The topological polar surface area (TPSA) is 162 Å². The molecule has 13 nitrogen and oxygen atoms in total. The van der Waals surface area contributed by atoms with Crippen molar-refractivity contribution in [3.05, 3.63) is 41.6 Å². The average molecular weight is 715 g/mol. The quantitative estimate of drug-likeness (QED) is 0.175. The van der Waals surface area contributed by atoms with Gasteiger partial charge in [-0.15, -0.1) is 0 Å². The van der Waals surface area contributed by atoms with Gasteiger partial charge in [0.15, 0.2) is 5.78 Å². The van der Waals surface area contributed by atoms with Crippen molar-refractivity contribution < 1.29 is 42.9 Å². The molecule has 2 radical (unpaired) electrons. The van der Waals surface area contributed by atoms with E-state index in [4.69, 9.17) is 26.8 Å². The van der Waals surface area contributed by atoms with Crippen LogP contribution in [0.15, 0.2) is 30.4 Å². The number of pyridine rings is 1. The van der Waals surface area contributed by atoms with Crippen LogP contribution in [0, 0.1) is 12.8 Å². The summed E-state index contributed by atoms with van der Waals surface area (Å²) in [5.74, 6) is -1.24. The Bertz CT molecular complexity index is 1740. The van der Waals surface area contributed by atoms with Gasteiger partial charge in [-0.25, -0.2) is 14.6 Å². The van der Waals surface area contributed by atoms with Gasteiger partial charge in [0.2, 0.25) is 11.8 Å². The SMILES string of the molecule is [B]CC(=O)c1cc(O[C@@H]2C[C@H]3C(=O)N[C@]4(C(=O)OC)CC4/C=C\CCCCC[C@H](NC(=O)OC4CCCC4)C(=O)N3C2)c2ccc(OC)c(C)c2n1. The Morgan fingerprint density at radius 2 is 1.81 bits per heavy atom. The predicted octanol–water partition coefficient (Wildman–Crippen LogP) is 4.28. The summed E-state index contributed by atoms with van der Waals surface area (Å²) in [5.41, 5.74) is 0.0627. The minimum atomic E-state index is -1.24. The van der Waals surface area contributed by atoms with Crippen LogP contribution in [0.25, 0.3) is 10.9 Å². The minimum absolute atomic E-state index is 0.000446. The number of amides is 3. The zero-order valence-corrected chi connectivity index (χ0v) is 30.1. The summed E-state index contributed by atoms with van der Waals surface area (Å²) in [4.78, 5) is 73.6. The zero-order valence-electron chi connectivity index (χ0n) is 30.1. The second-order valence-corrected chi connectivity index (χ2v) is 14.2. The van der Waals surface area contributed by atoms with Crippen molar-refractivity contribution in [2.24, 2.45) is 5.92 Å². The Labute approximate surface area is 304 Å². The van der Waals surface area contributed by atoms with Gasteiger partial charge >= 0.3 is 12.1 Å². The van der Waals surface area contributed by atoms with E-state index in [9.17, 15) is 24.0 Å². The van der Waals surface area contributed by atoms with Gasteiger partial charge in [-0.1, -0.05) is 25.0 Å². The highest BCUT2D eigenvalue weighted by Crippen LogP contribution is 2.46. The highest BCUT2D eigenvalue weighted by Gasteiger charge is 2.62. The fourth-order valence-electron chi connectivity index (χ4n) is 7.77. The largest absolute Gasteiger partial charge is 0.496 e. The van der Waals surface area contributed by atoms with E-state index in [-0.39, 0.29) is 42.8 Å². The lowest BCUT2D eigenvalue weighted by Crippen LogP contribution is -2.56. The third-order valence-corrected chi connectivity index (χ3v) is 10.8. The summed E-state index contributed by atoms with van der Waals surface area (Å²) in [6, 6.07) is 3.10. The number of nitrogens with zero attached hydrogens (tertiary/aromatic N) is 2. The van der Waals surface area contributed by atoms with Gasteiger partial charge in [-0.05, 0) is 76.7 Å². The first-order chi connectivity index (χ1) is 25.1. The van der Waals surface area contributed by atoms with Gasteiger partial charge < -0.3 is 34.5 Å². The van der Waals surface area contributed by atoms with Crippen LogP contribution in [0.5, 0.6) is 11.5 Å². The van der Waals surface area contributed by atoms with E-state index in [1.54, 1.807) is 19.2 Å². The number of benzene rings is 1. The Balaban J connectivity index is 1.33. The maximum atomic E-state index is 14.5. The molecule has 1 saturated heterocycles. The number of esters is 1. The Kier molecular flexibility index (Phi) is 11.4. The van der Waals surface area contributed by atoms with Crippen LogP contribution in [0.1, 0.15) is 86.7 Å². The molecule has 1 unspecified atom stereocenters.